The van der Waals surface area contributed by atoms with E-state index < -0.39 is 0 Å². The smallest absolute Gasteiger partial charge is 0.0767 e. The van der Waals surface area contributed by atoms with Crippen LogP contribution in [-0.2, 0) is 0 Å². The Balaban J connectivity index is 2.28. The quantitative estimate of drug-likeness (QED) is 0.714. The maximum atomic E-state index is 6.02. The van der Waals surface area contributed by atoms with Crippen LogP contribution in [0.4, 0.5) is 11.4 Å². The fraction of sp³-hybridized carbons (Fsp3) is 0.400. The van der Waals surface area contributed by atoms with E-state index in [2.05, 4.69) is 12.2 Å². The number of nitrogen functional groups attached to an aromatic ring is 1. The molecule has 0 aromatic heterocycles. The van der Waals surface area contributed by atoms with Crippen molar-refractivity contribution in [2.24, 2.45) is 0 Å². The largest absolute Gasteiger partial charge is 0.397 e. The molecule has 0 aliphatic heterocycles. The molecule has 1 saturated carbocycles. The van der Waals surface area contributed by atoms with Gasteiger partial charge in [0.2, 0.25) is 0 Å². The lowest BCUT2D eigenvalue weighted by molar-refractivity contribution is 0.830. The first-order valence-electron chi connectivity index (χ1n) is 4.43. The summed E-state index contributed by atoms with van der Waals surface area (Å²) in [5.41, 5.74) is 7.63. The van der Waals surface area contributed by atoms with Gasteiger partial charge >= 0.3 is 0 Å². The van der Waals surface area contributed by atoms with Crippen LogP contribution in [0.3, 0.4) is 0 Å². The lowest BCUT2D eigenvalue weighted by Gasteiger charge is -2.16. The molecule has 0 heterocycles. The maximum absolute atomic E-state index is 6.02. The van der Waals surface area contributed by atoms with Crippen molar-refractivity contribution in [2.75, 3.05) is 11.1 Å². The summed E-state index contributed by atoms with van der Waals surface area (Å²) in [6, 6.07) is 5.57. The van der Waals surface area contributed by atoms with E-state index in [9.17, 15) is 0 Å². The Labute approximate surface area is 83.1 Å². The van der Waals surface area contributed by atoms with Crippen molar-refractivity contribution < 1.29 is 0 Å². The van der Waals surface area contributed by atoms with E-state index in [1.54, 1.807) is 0 Å². The van der Waals surface area contributed by atoms with Gasteiger partial charge in [-0.05, 0) is 31.9 Å². The van der Waals surface area contributed by atoms with Crippen molar-refractivity contribution in [1.29, 1.82) is 0 Å². The third-order valence-electron chi connectivity index (χ3n) is 2.47. The minimum Gasteiger partial charge on any atom is -0.397 e. The molecule has 0 bridgehead atoms. The maximum Gasteiger partial charge on any atom is 0.0767 e. The van der Waals surface area contributed by atoms with Gasteiger partial charge in [-0.25, -0.2) is 0 Å². The first kappa shape index (κ1) is 8.70. The second-order valence-corrected chi connectivity index (χ2v) is 4.30. The highest BCUT2D eigenvalue weighted by atomic mass is 35.5. The van der Waals surface area contributed by atoms with Crippen LogP contribution in [0.1, 0.15) is 19.8 Å². The van der Waals surface area contributed by atoms with Gasteiger partial charge in [0, 0.05) is 5.54 Å². The third-order valence-corrected chi connectivity index (χ3v) is 2.79. The molecule has 0 radical (unpaired) electrons. The second kappa shape index (κ2) is 2.81. The van der Waals surface area contributed by atoms with Gasteiger partial charge in [-0.2, -0.15) is 0 Å². The van der Waals surface area contributed by atoms with Crippen LogP contribution < -0.4 is 11.1 Å². The van der Waals surface area contributed by atoms with Crippen LogP contribution in [0.5, 0.6) is 0 Å². The average Bonchev–Trinajstić information content (AvgIpc) is 2.78. The SMILES string of the molecule is CC1(Nc2c(N)cccc2Cl)CC1. The van der Waals surface area contributed by atoms with E-state index in [1.165, 1.54) is 12.8 Å². The van der Waals surface area contributed by atoms with Crippen LogP contribution in [-0.4, -0.2) is 5.54 Å². The highest BCUT2D eigenvalue weighted by molar-refractivity contribution is 6.33. The molecular weight excluding hydrogens is 184 g/mol. The van der Waals surface area contributed by atoms with E-state index >= 15 is 0 Å². The van der Waals surface area contributed by atoms with Crippen LogP contribution in [0, 0.1) is 0 Å². The molecule has 1 aliphatic carbocycles. The normalized spacial score (nSPS) is 18.3. The zero-order chi connectivity index (χ0) is 9.47. The molecule has 0 amide bonds. The topological polar surface area (TPSA) is 38.0 Å². The molecule has 2 rings (SSSR count). The van der Waals surface area contributed by atoms with Gasteiger partial charge in [0.1, 0.15) is 0 Å². The number of nitrogens with one attached hydrogen (secondary N) is 1. The highest BCUT2D eigenvalue weighted by Gasteiger charge is 2.37. The first-order chi connectivity index (χ1) is 6.11. The van der Waals surface area contributed by atoms with Gasteiger partial charge in [-0.15, -0.1) is 0 Å². The van der Waals surface area contributed by atoms with E-state index in [0.29, 0.717) is 5.02 Å². The van der Waals surface area contributed by atoms with Crippen molar-refractivity contribution in [3.63, 3.8) is 0 Å². The summed E-state index contributed by atoms with van der Waals surface area (Å²) in [5, 5.41) is 4.07. The Morgan fingerprint density at radius 2 is 2.15 bits per heavy atom. The standard InChI is InChI=1S/C10H13ClN2/c1-10(5-6-10)13-9-7(11)3-2-4-8(9)12/h2-4,13H,5-6,12H2,1H3. The molecule has 70 valence electrons. The molecule has 0 unspecified atom stereocenters. The van der Waals surface area contributed by atoms with Crippen molar-refractivity contribution in [3.05, 3.63) is 23.2 Å². The average molecular weight is 197 g/mol. The van der Waals surface area contributed by atoms with Gasteiger partial charge < -0.3 is 11.1 Å². The lowest BCUT2D eigenvalue weighted by Crippen LogP contribution is -2.17. The van der Waals surface area contributed by atoms with Crippen LogP contribution in [0.25, 0.3) is 0 Å². The summed E-state index contributed by atoms with van der Waals surface area (Å²) in [6.07, 6.45) is 2.38. The third kappa shape index (κ3) is 1.73. The Morgan fingerprint density at radius 3 is 2.69 bits per heavy atom. The van der Waals surface area contributed by atoms with Crippen molar-refractivity contribution in [2.45, 2.75) is 25.3 Å². The molecule has 1 aliphatic rings. The zero-order valence-corrected chi connectivity index (χ0v) is 8.36. The molecule has 2 nitrogen and oxygen atoms in total. The van der Waals surface area contributed by atoms with Crippen LogP contribution in [0.15, 0.2) is 18.2 Å². The number of hydrogen-bond acceptors (Lipinski definition) is 2. The van der Waals surface area contributed by atoms with Crippen molar-refractivity contribution in [1.82, 2.24) is 0 Å². The molecular formula is C10H13ClN2. The Morgan fingerprint density at radius 1 is 1.46 bits per heavy atom. The first-order valence-corrected chi connectivity index (χ1v) is 4.81. The lowest BCUT2D eigenvalue weighted by atomic mass is 10.2. The van der Waals surface area contributed by atoms with Gasteiger partial charge in [-0.1, -0.05) is 17.7 Å². The number of rotatable bonds is 2. The van der Waals surface area contributed by atoms with E-state index in [0.717, 1.165) is 11.4 Å². The molecule has 13 heavy (non-hydrogen) atoms. The number of benzene rings is 1. The minimum absolute atomic E-state index is 0.221. The molecule has 3 heteroatoms. The zero-order valence-electron chi connectivity index (χ0n) is 7.60. The predicted octanol–water partition coefficient (Wildman–Crippen LogP) is 2.89. The Kier molecular flexibility index (Phi) is 1.88. The van der Waals surface area contributed by atoms with Gasteiger partial charge in [-0.3, -0.25) is 0 Å². The summed E-state index contributed by atoms with van der Waals surface area (Å²) in [4.78, 5) is 0. The van der Waals surface area contributed by atoms with E-state index in [-0.39, 0.29) is 5.54 Å². The molecule has 1 fully saturated rings. The number of para-hydroxylation sites is 1. The fourth-order valence-electron chi connectivity index (χ4n) is 1.29. The van der Waals surface area contributed by atoms with Gasteiger partial charge in [0.05, 0.1) is 16.4 Å². The Hall–Kier alpha value is -0.890. The summed E-state index contributed by atoms with van der Waals surface area (Å²) in [7, 11) is 0. The number of nitrogens with two attached hydrogens (primary N) is 1. The summed E-state index contributed by atoms with van der Waals surface area (Å²) in [5.74, 6) is 0. The predicted molar refractivity (Wildman–Crippen MR) is 57.1 cm³/mol. The molecule has 0 spiro atoms. The highest BCUT2D eigenvalue weighted by Crippen LogP contribution is 2.41. The summed E-state index contributed by atoms with van der Waals surface area (Å²) < 4.78 is 0. The monoisotopic (exact) mass is 196 g/mol. The number of anilines is 2. The molecule has 1 aromatic rings. The number of hydrogen-bond donors (Lipinski definition) is 2. The Bertz CT molecular complexity index is 311. The number of halogens is 1. The minimum atomic E-state index is 0.221. The summed E-state index contributed by atoms with van der Waals surface area (Å²) >= 11 is 6.02. The van der Waals surface area contributed by atoms with E-state index in [1.807, 2.05) is 18.2 Å². The second-order valence-electron chi connectivity index (χ2n) is 3.89. The molecule has 3 N–H and O–H groups in total. The fourth-order valence-corrected chi connectivity index (χ4v) is 1.52. The molecule has 0 atom stereocenters. The van der Waals surface area contributed by atoms with Crippen LogP contribution >= 0.6 is 11.6 Å². The summed E-state index contributed by atoms with van der Waals surface area (Å²) in [6.45, 7) is 2.18. The van der Waals surface area contributed by atoms with Crippen molar-refractivity contribution >= 4 is 23.0 Å². The molecule has 1 aromatic carbocycles. The molecule has 0 saturated heterocycles. The van der Waals surface area contributed by atoms with Gasteiger partial charge in [0.15, 0.2) is 0 Å². The van der Waals surface area contributed by atoms with Gasteiger partial charge in [0.25, 0.3) is 0 Å². The van der Waals surface area contributed by atoms with E-state index in [4.69, 9.17) is 17.3 Å². The van der Waals surface area contributed by atoms with Crippen LogP contribution in [0.2, 0.25) is 5.02 Å². The van der Waals surface area contributed by atoms with Crippen molar-refractivity contribution in [3.8, 4) is 0 Å².